The highest BCUT2D eigenvalue weighted by molar-refractivity contribution is 6.05. The second-order valence-electron chi connectivity index (χ2n) is 2.57. The Bertz CT molecular complexity index is 284. The second kappa shape index (κ2) is 8.40. The maximum atomic E-state index is 11.1. The van der Waals surface area contributed by atoms with Crippen molar-refractivity contribution >= 4 is 17.7 Å². The summed E-state index contributed by atoms with van der Waals surface area (Å²) in [5, 5.41) is 0. The number of carbonyl (C=O) groups is 3. The van der Waals surface area contributed by atoms with Crippen molar-refractivity contribution in [3.05, 3.63) is 24.3 Å². The average molecular weight is 226 g/mol. The van der Waals surface area contributed by atoms with Gasteiger partial charge in [0.15, 0.2) is 5.78 Å². The molecule has 0 saturated heterocycles. The Labute approximate surface area is 93.7 Å². The number of ether oxygens (including phenoxy) is 2. The van der Waals surface area contributed by atoms with Crippen LogP contribution in [0.25, 0.3) is 0 Å². The summed E-state index contributed by atoms with van der Waals surface area (Å²) >= 11 is 0. The van der Waals surface area contributed by atoms with Crippen molar-refractivity contribution in [1.82, 2.24) is 0 Å². The molecule has 0 aliphatic heterocycles. The van der Waals surface area contributed by atoms with E-state index >= 15 is 0 Å². The number of rotatable bonds is 6. The molecule has 0 spiro atoms. The predicted octanol–water partition coefficient (Wildman–Crippen LogP) is 0.794. The van der Waals surface area contributed by atoms with Crippen molar-refractivity contribution in [3.63, 3.8) is 0 Å². The van der Waals surface area contributed by atoms with Gasteiger partial charge in [0.2, 0.25) is 0 Å². The van der Waals surface area contributed by atoms with Gasteiger partial charge in [0.1, 0.15) is 0 Å². The van der Waals surface area contributed by atoms with E-state index in [1.165, 1.54) is 0 Å². The van der Waals surface area contributed by atoms with Crippen LogP contribution < -0.4 is 0 Å². The third-order valence-electron chi connectivity index (χ3n) is 1.34. The molecule has 0 aliphatic carbocycles. The van der Waals surface area contributed by atoms with Crippen LogP contribution in [0, 0.1) is 0 Å². The Balaban J connectivity index is 4.08. The van der Waals surface area contributed by atoms with Crippen LogP contribution in [0.2, 0.25) is 0 Å². The highest BCUT2D eigenvalue weighted by atomic mass is 16.5. The van der Waals surface area contributed by atoms with E-state index in [9.17, 15) is 14.4 Å². The minimum Gasteiger partial charge on any atom is -0.463 e. The van der Waals surface area contributed by atoms with Crippen molar-refractivity contribution < 1.29 is 23.9 Å². The van der Waals surface area contributed by atoms with Crippen LogP contribution in [0.15, 0.2) is 24.3 Å². The van der Waals surface area contributed by atoms with Crippen molar-refractivity contribution in [1.29, 1.82) is 0 Å². The summed E-state index contributed by atoms with van der Waals surface area (Å²) < 4.78 is 9.13. The lowest BCUT2D eigenvalue weighted by Crippen LogP contribution is -2.02. The van der Waals surface area contributed by atoms with E-state index in [-0.39, 0.29) is 13.2 Å². The summed E-state index contributed by atoms with van der Waals surface area (Å²) in [4.78, 5) is 32.7. The highest BCUT2D eigenvalue weighted by Crippen LogP contribution is 1.87. The molecule has 0 fully saturated rings. The molecule has 0 atom stereocenters. The summed E-state index contributed by atoms with van der Waals surface area (Å²) in [7, 11) is 0. The smallest absolute Gasteiger partial charge is 0.330 e. The largest absolute Gasteiger partial charge is 0.463 e. The van der Waals surface area contributed by atoms with E-state index < -0.39 is 17.7 Å². The van der Waals surface area contributed by atoms with Gasteiger partial charge in [-0.1, -0.05) is 0 Å². The van der Waals surface area contributed by atoms with E-state index in [0.717, 1.165) is 24.3 Å². The number of esters is 2. The lowest BCUT2D eigenvalue weighted by Gasteiger charge is -1.94. The van der Waals surface area contributed by atoms with Gasteiger partial charge in [0.25, 0.3) is 0 Å². The molecular weight excluding hydrogens is 212 g/mol. The Morgan fingerprint density at radius 1 is 0.812 bits per heavy atom. The molecule has 0 aliphatic rings. The minimum atomic E-state index is -0.597. The zero-order valence-corrected chi connectivity index (χ0v) is 9.26. The molecule has 0 rings (SSSR count). The molecule has 16 heavy (non-hydrogen) atoms. The van der Waals surface area contributed by atoms with Gasteiger partial charge < -0.3 is 9.47 Å². The van der Waals surface area contributed by atoms with Gasteiger partial charge >= 0.3 is 11.9 Å². The first kappa shape index (κ1) is 14.1. The van der Waals surface area contributed by atoms with Crippen LogP contribution in [-0.2, 0) is 23.9 Å². The van der Waals surface area contributed by atoms with Gasteiger partial charge in [0, 0.05) is 12.2 Å². The second-order valence-corrected chi connectivity index (χ2v) is 2.57. The first-order valence-electron chi connectivity index (χ1n) is 4.83. The number of hydrogen-bond donors (Lipinski definition) is 0. The lowest BCUT2D eigenvalue weighted by molar-refractivity contribution is -0.138. The fourth-order valence-corrected chi connectivity index (χ4v) is 0.737. The SMILES string of the molecule is CCOC(=O)/C=C/C(=O)/C=C/C(=O)OCC. The Hall–Kier alpha value is -1.91. The third kappa shape index (κ3) is 7.49. The van der Waals surface area contributed by atoms with Crippen LogP contribution in [0.4, 0.5) is 0 Å². The monoisotopic (exact) mass is 226 g/mol. The summed E-state index contributed by atoms with van der Waals surface area (Å²) in [5.41, 5.74) is 0. The molecule has 0 aromatic rings. The van der Waals surface area contributed by atoms with E-state index in [2.05, 4.69) is 9.47 Å². The van der Waals surface area contributed by atoms with Crippen LogP contribution in [0.3, 0.4) is 0 Å². The lowest BCUT2D eigenvalue weighted by atomic mass is 10.3. The van der Waals surface area contributed by atoms with Crippen LogP contribution >= 0.6 is 0 Å². The Morgan fingerprint density at radius 2 is 1.19 bits per heavy atom. The number of hydrogen-bond acceptors (Lipinski definition) is 5. The maximum absolute atomic E-state index is 11.1. The first-order valence-corrected chi connectivity index (χ1v) is 4.83. The number of carbonyl (C=O) groups excluding carboxylic acids is 3. The average Bonchev–Trinajstić information content (AvgIpc) is 2.24. The number of ketones is 1. The summed E-state index contributed by atoms with van der Waals surface area (Å²) in [6, 6.07) is 0. The molecular formula is C11H14O5. The summed E-state index contributed by atoms with van der Waals surface area (Å²) in [5.74, 6) is -1.68. The Morgan fingerprint density at radius 3 is 1.50 bits per heavy atom. The molecule has 0 saturated carbocycles. The van der Waals surface area contributed by atoms with Gasteiger partial charge in [-0.25, -0.2) is 9.59 Å². The topological polar surface area (TPSA) is 69.7 Å². The first-order chi connectivity index (χ1) is 7.60. The standard InChI is InChI=1S/C11H14O5/c1-3-15-10(13)7-5-9(12)6-8-11(14)16-4-2/h5-8H,3-4H2,1-2H3/b7-5+,8-6+. The van der Waals surface area contributed by atoms with Crippen molar-refractivity contribution in [2.24, 2.45) is 0 Å². The third-order valence-corrected chi connectivity index (χ3v) is 1.34. The molecule has 0 N–H and O–H groups in total. The van der Waals surface area contributed by atoms with E-state index in [1.807, 2.05) is 0 Å². The van der Waals surface area contributed by atoms with E-state index in [4.69, 9.17) is 0 Å². The molecule has 0 radical (unpaired) electrons. The molecule has 0 unspecified atom stereocenters. The molecule has 0 aromatic carbocycles. The quantitative estimate of drug-likeness (QED) is 0.494. The molecule has 5 heteroatoms. The maximum Gasteiger partial charge on any atom is 0.330 e. The minimum absolute atomic E-state index is 0.246. The van der Waals surface area contributed by atoms with E-state index in [0.29, 0.717) is 0 Å². The van der Waals surface area contributed by atoms with Crippen molar-refractivity contribution in [3.8, 4) is 0 Å². The van der Waals surface area contributed by atoms with Crippen LogP contribution in [-0.4, -0.2) is 30.9 Å². The molecule has 0 amide bonds. The molecule has 0 bridgehead atoms. The van der Waals surface area contributed by atoms with Gasteiger partial charge in [-0.15, -0.1) is 0 Å². The fourth-order valence-electron chi connectivity index (χ4n) is 0.737. The van der Waals surface area contributed by atoms with Crippen molar-refractivity contribution in [2.75, 3.05) is 13.2 Å². The predicted molar refractivity (Wildman–Crippen MR) is 56.6 cm³/mol. The van der Waals surface area contributed by atoms with Gasteiger partial charge in [0.05, 0.1) is 13.2 Å². The van der Waals surface area contributed by atoms with Crippen LogP contribution in [0.1, 0.15) is 13.8 Å². The molecule has 88 valence electrons. The molecule has 0 aromatic heterocycles. The zero-order valence-electron chi connectivity index (χ0n) is 9.26. The van der Waals surface area contributed by atoms with Gasteiger partial charge in [-0.2, -0.15) is 0 Å². The highest BCUT2D eigenvalue weighted by Gasteiger charge is 1.98. The van der Waals surface area contributed by atoms with E-state index in [1.54, 1.807) is 13.8 Å². The summed E-state index contributed by atoms with van der Waals surface area (Å²) in [6.07, 6.45) is 4.05. The van der Waals surface area contributed by atoms with Gasteiger partial charge in [-0.3, -0.25) is 4.79 Å². The molecule has 5 nitrogen and oxygen atoms in total. The Kier molecular flexibility index (Phi) is 7.40. The van der Waals surface area contributed by atoms with Gasteiger partial charge in [-0.05, 0) is 26.0 Å². The normalized spacial score (nSPS) is 10.6. The fraction of sp³-hybridized carbons (Fsp3) is 0.364. The summed E-state index contributed by atoms with van der Waals surface area (Å²) in [6.45, 7) is 3.81. The molecule has 0 heterocycles. The zero-order chi connectivity index (χ0) is 12.4. The van der Waals surface area contributed by atoms with Crippen LogP contribution in [0.5, 0.6) is 0 Å². The number of allylic oxidation sites excluding steroid dienone is 2. The van der Waals surface area contributed by atoms with Crippen molar-refractivity contribution in [2.45, 2.75) is 13.8 Å².